The second-order valence-electron chi connectivity index (χ2n) is 5.89. The number of thiazole rings is 1. The van der Waals surface area contributed by atoms with Crippen LogP contribution in [0.5, 0.6) is 0 Å². The van der Waals surface area contributed by atoms with Crippen LogP contribution in [-0.4, -0.2) is 9.97 Å². The first-order valence-corrected chi connectivity index (χ1v) is 9.90. The van der Waals surface area contributed by atoms with Gasteiger partial charge in [-0.1, -0.05) is 35.3 Å². The summed E-state index contributed by atoms with van der Waals surface area (Å²) in [6.07, 6.45) is 3.42. The van der Waals surface area contributed by atoms with Crippen molar-refractivity contribution in [2.75, 3.05) is 5.32 Å². The molecule has 0 bridgehead atoms. The van der Waals surface area contributed by atoms with Gasteiger partial charge in [0.25, 0.3) is 0 Å². The third-order valence-corrected chi connectivity index (χ3v) is 5.67. The average molecular weight is 423 g/mol. The summed E-state index contributed by atoms with van der Waals surface area (Å²) >= 11 is 13.4. The summed E-state index contributed by atoms with van der Waals surface area (Å²) < 4.78 is 0. The molecule has 2 aromatic heterocycles. The summed E-state index contributed by atoms with van der Waals surface area (Å²) in [7, 11) is 0. The maximum absolute atomic E-state index is 9.55. The summed E-state index contributed by atoms with van der Waals surface area (Å²) in [4.78, 5) is 8.86. The molecular weight excluding hydrogens is 411 g/mol. The monoisotopic (exact) mass is 422 g/mol. The van der Waals surface area contributed by atoms with Gasteiger partial charge in [0.1, 0.15) is 16.6 Å². The lowest BCUT2D eigenvalue weighted by Crippen LogP contribution is -1.91. The van der Waals surface area contributed by atoms with Crippen LogP contribution in [0.3, 0.4) is 0 Å². The van der Waals surface area contributed by atoms with Crippen LogP contribution in [0.2, 0.25) is 10.0 Å². The van der Waals surface area contributed by atoms with E-state index in [-0.39, 0.29) is 0 Å². The molecule has 0 radical (unpaired) electrons. The number of fused-ring (bicyclic) bond motifs is 1. The maximum atomic E-state index is 9.55. The van der Waals surface area contributed by atoms with Crippen molar-refractivity contribution >= 4 is 56.7 Å². The minimum Gasteiger partial charge on any atom is -0.360 e. The quantitative estimate of drug-likeness (QED) is 0.374. The van der Waals surface area contributed by atoms with Gasteiger partial charge < -0.3 is 5.32 Å². The summed E-state index contributed by atoms with van der Waals surface area (Å²) in [5, 5.41) is 17.2. The van der Waals surface area contributed by atoms with E-state index in [1.165, 1.54) is 11.3 Å². The normalized spacial score (nSPS) is 11.4. The van der Waals surface area contributed by atoms with Crippen molar-refractivity contribution in [1.29, 1.82) is 5.26 Å². The van der Waals surface area contributed by atoms with E-state index in [1.807, 2.05) is 41.8 Å². The number of anilines is 1. The number of pyridine rings is 1. The fourth-order valence-corrected chi connectivity index (χ4v) is 3.74. The lowest BCUT2D eigenvalue weighted by atomic mass is 10.2. The fraction of sp³-hybridized carbons (Fsp3) is 0. The first-order valence-electron chi connectivity index (χ1n) is 8.27. The van der Waals surface area contributed by atoms with E-state index in [9.17, 15) is 5.26 Å². The number of aromatic nitrogens is 2. The Morgan fingerprint density at radius 3 is 2.82 bits per heavy atom. The Kier molecular flexibility index (Phi) is 5.27. The lowest BCUT2D eigenvalue weighted by molar-refractivity contribution is 1.36. The molecule has 0 unspecified atom stereocenters. The third kappa shape index (κ3) is 3.85. The summed E-state index contributed by atoms with van der Waals surface area (Å²) in [6.45, 7) is 0. The molecule has 0 spiro atoms. The van der Waals surface area contributed by atoms with Gasteiger partial charge in [-0.3, -0.25) is 4.98 Å². The van der Waals surface area contributed by atoms with Gasteiger partial charge in [0.15, 0.2) is 0 Å². The first kappa shape index (κ1) is 18.5. The zero-order valence-electron chi connectivity index (χ0n) is 14.4. The molecular formula is C21H12Cl2N4S. The number of allylic oxidation sites excluding steroid dienone is 1. The van der Waals surface area contributed by atoms with Crippen molar-refractivity contribution < 1.29 is 0 Å². The van der Waals surface area contributed by atoms with Crippen LogP contribution in [0.4, 0.5) is 5.69 Å². The second kappa shape index (κ2) is 7.99. The molecule has 136 valence electrons. The summed E-state index contributed by atoms with van der Waals surface area (Å²) in [6, 6.07) is 17.3. The van der Waals surface area contributed by atoms with Gasteiger partial charge in [-0.25, -0.2) is 4.98 Å². The molecule has 7 heteroatoms. The molecule has 0 amide bonds. The van der Waals surface area contributed by atoms with Crippen LogP contribution in [0.25, 0.3) is 27.7 Å². The number of nitriles is 1. The van der Waals surface area contributed by atoms with Gasteiger partial charge >= 0.3 is 0 Å². The number of rotatable bonds is 4. The molecule has 0 aliphatic heterocycles. The predicted octanol–water partition coefficient (Wildman–Crippen LogP) is 6.64. The first-order chi connectivity index (χ1) is 13.6. The van der Waals surface area contributed by atoms with E-state index in [1.54, 1.807) is 24.5 Å². The van der Waals surface area contributed by atoms with Crippen molar-refractivity contribution in [3.8, 4) is 17.3 Å². The smallest absolute Gasteiger partial charge is 0.136 e. The number of halogens is 2. The zero-order valence-corrected chi connectivity index (χ0v) is 16.7. The van der Waals surface area contributed by atoms with Crippen LogP contribution in [-0.2, 0) is 0 Å². The molecule has 0 fully saturated rings. The number of hydrogen-bond acceptors (Lipinski definition) is 5. The van der Waals surface area contributed by atoms with E-state index in [0.717, 1.165) is 27.8 Å². The highest BCUT2D eigenvalue weighted by Crippen LogP contribution is 2.31. The molecule has 0 saturated heterocycles. The third-order valence-electron chi connectivity index (χ3n) is 4.06. The Labute approximate surface area is 175 Å². The van der Waals surface area contributed by atoms with Crippen LogP contribution >= 0.6 is 34.5 Å². The lowest BCUT2D eigenvalue weighted by Gasteiger charge is -2.03. The molecule has 2 heterocycles. The topological polar surface area (TPSA) is 61.6 Å². The van der Waals surface area contributed by atoms with Gasteiger partial charge in [-0.15, -0.1) is 11.3 Å². The standard InChI is InChI=1S/C21H12Cl2N4S/c22-17-5-3-14(9-18(17)23)20-12-28-21(27-20)15(10-24)11-26-16-4-6-19-13(8-16)2-1-7-25-19/h1-9,11-12,26H. The van der Waals surface area contributed by atoms with Gasteiger partial charge in [0, 0.05) is 34.4 Å². The zero-order chi connectivity index (χ0) is 19.5. The molecule has 28 heavy (non-hydrogen) atoms. The Bertz CT molecular complexity index is 1240. The number of hydrogen-bond donors (Lipinski definition) is 1. The molecule has 0 aliphatic carbocycles. The minimum atomic E-state index is 0.447. The fourth-order valence-electron chi connectivity index (χ4n) is 2.65. The van der Waals surface area contributed by atoms with Crippen molar-refractivity contribution in [1.82, 2.24) is 9.97 Å². The maximum Gasteiger partial charge on any atom is 0.136 e. The van der Waals surface area contributed by atoms with Crippen molar-refractivity contribution in [3.63, 3.8) is 0 Å². The van der Waals surface area contributed by atoms with Gasteiger partial charge in [0.05, 0.1) is 21.3 Å². The molecule has 4 nitrogen and oxygen atoms in total. The van der Waals surface area contributed by atoms with Crippen molar-refractivity contribution in [2.45, 2.75) is 0 Å². The number of benzene rings is 2. The molecule has 0 atom stereocenters. The van der Waals surface area contributed by atoms with E-state index in [4.69, 9.17) is 23.2 Å². The van der Waals surface area contributed by atoms with Crippen molar-refractivity contribution in [2.24, 2.45) is 0 Å². The Morgan fingerprint density at radius 1 is 1.11 bits per heavy atom. The van der Waals surface area contributed by atoms with Crippen LogP contribution in [0.15, 0.2) is 66.3 Å². The Morgan fingerprint density at radius 2 is 2.00 bits per heavy atom. The molecule has 0 aliphatic rings. The predicted molar refractivity (Wildman–Crippen MR) is 117 cm³/mol. The van der Waals surface area contributed by atoms with Gasteiger partial charge in [0.2, 0.25) is 0 Å². The van der Waals surface area contributed by atoms with E-state index in [2.05, 4.69) is 21.4 Å². The second-order valence-corrected chi connectivity index (χ2v) is 7.56. The molecule has 4 aromatic rings. The van der Waals surface area contributed by atoms with Gasteiger partial charge in [-0.2, -0.15) is 5.26 Å². The highest BCUT2D eigenvalue weighted by Gasteiger charge is 2.10. The molecule has 1 N–H and O–H groups in total. The molecule has 2 aromatic carbocycles. The van der Waals surface area contributed by atoms with E-state index < -0.39 is 0 Å². The largest absolute Gasteiger partial charge is 0.360 e. The molecule has 4 rings (SSSR count). The van der Waals surface area contributed by atoms with Crippen LogP contribution in [0, 0.1) is 11.3 Å². The molecule has 0 saturated carbocycles. The highest BCUT2D eigenvalue weighted by atomic mass is 35.5. The highest BCUT2D eigenvalue weighted by molar-refractivity contribution is 7.11. The SMILES string of the molecule is N#CC(=CNc1ccc2ncccc2c1)c1nc(-c2ccc(Cl)c(Cl)c2)cs1. The van der Waals surface area contributed by atoms with E-state index >= 15 is 0 Å². The summed E-state index contributed by atoms with van der Waals surface area (Å²) in [5.41, 5.74) is 3.83. The Hall–Kier alpha value is -2.91. The van der Waals surface area contributed by atoms with Gasteiger partial charge in [-0.05, 0) is 36.4 Å². The van der Waals surface area contributed by atoms with Crippen LogP contribution < -0.4 is 5.32 Å². The van der Waals surface area contributed by atoms with Crippen LogP contribution in [0.1, 0.15) is 5.01 Å². The number of nitrogens with one attached hydrogen (secondary N) is 1. The number of nitrogens with zero attached hydrogens (tertiary/aromatic N) is 3. The summed E-state index contributed by atoms with van der Waals surface area (Å²) in [5.74, 6) is 0. The Balaban J connectivity index is 1.59. The minimum absolute atomic E-state index is 0.447. The average Bonchev–Trinajstić information content (AvgIpc) is 3.20. The van der Waals surface area contributed by atoms with E-state index in [0.29, 0.717) is 20.6 Å². The van der Waals surface area contributed by atoms with Crippen molar-refractivity contribution in [3.05, 3.63) is 81.4 Å².